The molecular weight excluding hydrogens is 871 g/mol. The van der Waals surface area contributed by atoms with Gasteiger partial charge in [-0.1, -0.05) is 159 Å². The van der Waals surface area contributed by atoms with Crippen LogP contribution in [0.1, 0.15) is 25.0 Å². The average Bonchev–Trinajstić information content (AvgIpc) is 4.13. The minimum absolute atomic E-state index is 0.160. The molecule has 3 heteroatoms. The number of hydrogen-bond donors (Lipinski definition) is 0. The van der Waals surface area contributed by atoms with Gasteiger partial charge in [0.1, 0.15) is 0 Å². The Morgan fingerprint density at radius 3 is 1.22 bits per heavy atom. The Labute approximate surface area is 417 Å². The number of benzene rings is 11. The van der Waals surface area contributed by atoms with E-state index in [0.717, 1.165) is 11.4 Å². The van der Waals surface area contributed by atoms with E-state index in [9.17, 15) is 0 Å². The summed E-state index contributed by atoms with van der Waals surface area (Å²) in [5.74, 6) is 0. The first kappa shape index (κ1) is 40.7. The highest BCUT2D eigenvalue weighted by Crippen LogP contribution is 2.51. The molecule has 3 nitrogen and oxygen atoms in total. The van der Waals surface area contributed by atoms with Crippen molar-refractivity contribution in [3.8, 4) is 61.6 Å². The van der Waals surface area contributed by atoms with Crippen molar-refractivity contribution in [2.24, 2.45) is 0 Å². The highest BCUT2D eigenvalue weighted by atomic mass is 15.0. The molecule has 0 fully saturated rings. The summed E-state index contributed by atoms with van der Waals surface area (Å²) >= 11 is 0. The minimum Gasteiger partial charge on any atom is -0.309 e. The molecule has 0 saturated carbocycles. The van der Waals surface area contributed by atoms with Crippen molar-refractivity contribution in [2.75, 3.05) is 0 Å². The molecule has 14 aromatic rings. The Hall–Kier alpha value is -9.18. The number of fused-ring (bicyclic) bond motifs is 12. The first-order valence-electron chi connectivity index (χ1n) is 25.1. The minimum atomic E-state index is -0.160. The molecule has 72 heavy (non-hydrogen) atoms. The van der Waals surface area contributed by atoms with Gasteiger partial charge in [0, 0.05) is 54.8 Å². The molecule has 0 aliphatic heterocycles. The summed E-state index contributed by atoms with van der Waals surface area (Å²) in [6.07, 6.45) is 0. The normalized spacial score (nSPS) is 13.0. The van der Waals surface area contributed by atoms with E-state index in [1.807, 2.05) is 0 Å². The molecule has 0 radical (unpaired) electrons. The van der Waals surface area contributed by atoms with Crippen LogP contribution in [0.2, 0.25) is 0 Å². The summed E-state index contributed by atoms with van der Waals surface area (Å²) in [5.41, 5.74) is 23.0. The van der Waals surface area contributed by atoms with E-state index in [2.05, 4.69) is 276 Å². The fourth-order valence-corrected chi connectivity index (χ4v) is 12.4. The van der Waals surface area contributed by atoms with Crippen molar-refractivity contribution in [1.29, 1.82) is 0 Å². The van der Waals surface area contributed by atoms with Crippen molar-refractivity contribution >= 4 is 65.4 Å². The second-order valence-corrected chi connectivity index (χ2v) is 20.1. The molecule has 0 saturated heterocycles. The molecule has 11 aromatic carbocycles. The van der Waals surface area contributed by atoms with E-state index in [1.165, 1.54) is 127 Å². The number of aromatic nitrogens is 3. The zero-order chi connectivity index (χ0) is 47.7. The lowest BCUT2D eigenvalue weighted by Crippen LogP contribution is -2.15. The van der Waals surface area contributed by atoms with Crippen molar-refractivity contribution in [1.82, 2.24) is 13.7 Å². The van der Waals surface area contributed by atoms with Gasteiger partial charge < -0.3 is 13.7 Å². The van der Waals surface area contributed by atoms with Gasteiger partial charge in [-0.15, -0.1) is 0 Å². The maximum Gasteiger partial charge on any atom is 0.0544 e. The highest BCUT2D eigenvalue weighted by Gasteiger charge is 2.36. The van der Waals surface area contributed by atoms with Crippen LogP contribution >= 0.6 is 0 Å². The van der Waals surface area contributed by atoms with Gasteiger partial charge in [-0.3, -0.25) is 0 Å². The molecule has 0 amide bonds. The van der Waals surface area contributed by atoms with Gasteiger partial charge in [0.2, 0.25) is 0 Å². The van der Waals surface area contributed by atoms with E-state index in [4.69, 9.17) is 0 Å². The summed E-state index contributed by atoms with van der Waals surface area (Å²) in [5, 5.41) is 7.47. The molecule has 1 aliphatic rings. The SMILES string of the molecule is CC1(C)c2ccccc2-c2cc3c4cc(-c5ccc6c(c5)c5ccccc5n6-c5ccccc5)ccc4n(-c4cc(-c5ccccc5)cc(-c5ccc6c(c5)c5ccccc5n6-c5ccccc5)c4)c3cc21. The second kappa shape index (κ2) is 15.4. The predicted octanol–water partition coefficient (Wildman–Crippen LogP) is 18.3. The molecule has 0 N–H and O–H groups in total. The van der Waals surface area contributed by atoms with Gasteiger partial charge in [-0.05, 0) is 159 Å². The predicted molar refractivity (Wildman–Crippen MR) is 303 cm³/mol. The van der Waals surface area contributed by atoms with Gasteiger partial charge in [-0.2, -0.15) is 0 Å². The van der Waals surface area contributed by atoms with Crippen molar-refractivity contribution in [3.05, 3.63) is 260 Å². The molecule has 0 unspecified atom stereocenters. The first-order chi connectivity index (χ1) is 35.5. The maximum atomic E-state index is 2.54. The fraction of sp³-hybridized carbons (Fsp3) is 0.0435. The van der Waals surface area contributed by atoms with Gasteiger partial charge >= 0.3 is 0 Å². The lowest BCUT2D eigenvalue weighted by molar-refractivity contribution is 0.661. The summed E-state index contributed by atoms with van der Waals surface area (Å²) in [6.45, 7) is 4.77. The monoisotopic (exact) mass is 917 g/mol. The van der Waals surface area contributed by atoms with Crippen LogP contribution in [0.3, 0.4) is 0 Å². The maximum absolute atomic E-state index is 2.54. The van der Waals surface area contributed by atoms with Crippen molar-refractivity contribution < 1.29 is 0 Å². The first-order valence-corrected chi connectivity index (χ1v) is 25.1. The number of rotatable bonds is 6. The van der Waals surface area contributed by atoms with E-state index >= 15 is 0 Å². The smallest absolute Gasteiger partial charge is 0.0544 e. The number of nitrogens with zero attached hydrogens (tertiary/aromatic N) is 3. The second-order valence-electron chi connectivity index (χ2n) is 20.1. The molecular formula is C69H47N3. The molecule has 338 valence electrons. The summed E-state index contributed by atoms with van der Waals surface area (Å²) < 4.78 is 7.33. The van der Waals surface area contributed by atoms with Gasteiger partial charge in [0.25, 0.3) is 0 Å². The quantitative estimate of drug-likeness (QED) is 0.158. The summed E-state index contributed by atoms with van der Waals surface area (Å²) in [4.78, 5) is 0. The largest absolute Gasteiger partial charge is 0.309 e. The third-order valence-electron chi connectivity index (χ3n) is 15.8. The number of hydrogen-bond acceptors (Lipinski definition) is 0. The Kier molecular flexibility index (Phi) is 8.71. The van der Waals surface area contributed by atoms with Gasteiger partial charge in [0.05, 0.1) is 33.1 Å². The molecule has 3 aromatic heterocycles. The van der Waals surface area contributed by atoms with Crippen LogP contribution < -0.4 is 0 Å². The molecule has 3 heterocycles. The third-order valence-corrected chi connectivity index (χ3v) is 15.8. The fourth-order valence-electron chi connectivity index (χ4n) is 12.4. The number of para-hydroxylation sites is 4. The van der Waals surface area contributed by atoms with Crippen LogP contribution in [0, 0.1) is 0 Å². The summed E-state index contributed by atoms with van der Waals surface area (Å²) in [6, 6.07) is 92.3. The van der Waals surface area contributed by atoms with Crippen molar-refractivity contribution in [2.45, 2.75) is 19.3 Å². The van der Waals surface area contributed by atoms with Gasteiger partial charge in [0.15, 0.2) is 0 Å². The topological polar surface area (TPSA) is 14.8 Å². The van der Waals surface area contributed by atoms with Crippen LogP contribution in [-0.4, -0.2) is 13.7 Å². The molecule has 15 rings (SSSR count). The molecule has 1 aliphatic carbocycles. The average molecular weight is 918 g/mol. The Morgan fingerprint density at radius 1 is 0.236 bits per heavy atom. The molecule has 0 atom stereocenters. The van der Waals surface area contributed by atoms with Crippen LogP contribution in [0.5, 0.6) is 0 Å². The Balaban J connectivity index is 0.972. The highest BCUT2D eigenvalue weighted by molar-refractivity contribution is 6.15. The van der Waals surface area contributed by atoms with Crippen LogP contribution in [0.25, 0.3) is 127 Å². The molecule has 0 spiro atoms. The van der Waals surface area contributed by atoms with Gasteiger partial charge in [-0.25, -0.2) is 0 Å². The van der Waals surface area contributed by atoms with Crippen molar-refractivity contribution in [3.63, 3.8) is 0 Å². The lowest BCUT2D eigenvalue weighted by atomic mass is 9.82. The third kappa shape index (κ3) is 5.98. The lowest BCUT2D eigenvalue weighted by Gasteiger charge is -2.22. The standard InChI is InChI=1S/C69H47N3/c1-69(2)61-27-15-12-24-53(61)56-42-60-59-40-46(45-30-33-65-57(39-45)54-25-13-16-28-63(54)70(65)50-20-8-4-9-21-50)31-34-67(59)72(68(60)43-62(56)69)52-37-48(44-18-6-3-7-19-44)36-49(38-52)47-32-35-66-58(41-47)55-26-14-17-29-64(55)71(66)51-22-10-5-11-23-51/h3-43H,1-2H3. The zero-order valence-electron chi connectivity index (χ0n) is 40.0. The van der Waals surface area contributed by atoms with E-state index in [-0.39, 0.29) is 5.41 Å². The van der Waals surface area contributed by atoms with E-state index in [1.54, 1.807) is 0 Å². The summed E-state index contributed by atoms with van der Waals surface area (Å²) in [7, 11) is 0. The molecule has 0 bridgehead atoms. The Morgan fingerprint density at radius 2 is 0.653 bits per heavy atom. The Bertz CT molecular complexity index is 4510. The van der Waals surface area contributed by atoms with E-state index in [0.29, 0.717) is 0 Å². The van der Waals surface area contributed by atoms with Crippen LogP contribution in [0.15, 0.2) is 249 Å². The van der Waals surface area contributed by atoms with Crippen LogP contribution in [-0.2, 0) is 5.41 Å². The van der Waals surface area contributed by atoms with E-state index < -0.39 is 0 Å². The van der Waals surface area contributed by atoms with Crippen LogP contribution in [0.4, 0.5) is 0 Å². The zero-order valence-corrected chi connectivity index (χ0v) is 40.0.